The third-order valence-electron chi connectivity index (χ3n) is 10.9. The molecule has 230 valence electrons. The molecular weight excluding hydrogens is 562 g/mol. The van der Waals surface area contributed by atoms with E-state index in [1.807, 2.05) is 18.2 Å². The molecule has 4 heterocycles. The second kappa shape index (κ2) is 11.1. The van der Waals surface area contributed by atoms with Gasteiger partial charge in [-0.15, -0.1) is 0 Å². The second-order valence-corrected chi connectivity index (χ2v) is 13.2. The number of carbonyl (C=O) groups excluding carboxylic acids is 4. The van der Waals surface area contributed by atoms with Gasteiger partial charge in [0.05, 0.1) is 16.1 Å². The van der Waals surface area contributed by atoms with Crippen LogP contribution >= 0.6 is 0 Å². The zero-order valence-corrected chi connectivity index (χ0v) is 24.7. The predicted molar refractivity (Wildman–Crippen MR) is 161 cm³/mol. The number of nitrogens with zero attached hydrogens (tertiary/aromatic N) is 4. The lowest BCUT2D eigenvalue weighted by Crippen LogP contribution is -2.54. The molecule has 4 aliphatic heterocycles. The first-order valence-corrected chi connectivity index (χ1v) is 15.8. The van der Waals surface area contributed by atoms with Gasteiger partial charge in [0, 0.05) is 43.4 Å². The standard InChI is InChI=1S/C33H37N5O6/c39-29-8-7-28(30(40)34-29)37-31(41)26-6-5-24(19-27(26)32(37)42)36-17-13-33(14-18-36)12-9-25(20-33)35-15-10-22(11-16-35)21-1-3-23(4-2-21)38(43)44/h1-6,19,22,25,28H,7-18,20H2,(H,34,39,40). The summed E-state index contributed by atoms with van der Waals surface area (Å²) in [5.41, 5.74) is 3.24. The van der Waals surface area contributed by atoms with Crippen LogP contribution < -0.4 is 10.2 Å². The summed E-state index contributed by atoms with van der Waals surface area (Å²) in [6.45, 7) is 3.91. The number of imide groups is 2. The van der Waals surface area contributed by atoms with E-state index in [2.05, 4.69) is 15.1 Å². The number of hydrogen-bond donors (Lipinski definition) is 1. The number of non-ortho nitro benzene ring substituents is 1. The van der Waals surface area contributed by atoms with E-state index in [0.717, 1.165) is 62.4 Å². The number of likely N-dealkylation sites (tertiary alicyclic amines) is 1. The summed E-state index contributed by atoms with van der Waals surface area (Å²) in [6.07, 6.45) is 8.25. The summed E-state index contributed by atoms with van der Waals surface area (Å²) in [6, 6.07) is 12.1. The zero-order valence-electron chi connectivity index (χ0n) is 24.7. The fraction of sp³-hybridized carbons (Fsp3) is 0.515. The van der Waals surface area contributed by atoms with E-state index in [1.54, 1.807) is 24.3 Å². The third kappa shape index (κ3) is 5.06. The van der Waals surface area contributed by atoms with Crippen molar-refractivity contribution < 1.29 is 24.1 Å². The Labute approximate surface area is 255 Å². The van der Waals surface area contributed by atoms with E-state index in [1.165, 1.54) is 24.8 Å². The summed E-state index contributed by atoms with van der Waals surface area (Å²) in [4.78, 5) is 67.0. The van der Waals surface area contributed by atoms with Gasteiger partial charge in [-0.25, -0.2) is 0 Å². The molecule has 1 N–H and O–H groups in total. The largest absolute Gasteiger partial charge is 0.371 e. The zero-order chi connectivity index (χ0) is 30.6. The minimum absolute atomic E-state index is 0.103. The van der Waals surface area contributed by atoms with Gasteiger partial charge in [0.1, 0.15) is 6.04 Å². The molecule has 0 bridgehead atoms. The average molecular weight is 600 g/mol. The molecule has 1 aliphatic carbocycles. The van der Waals surface area contributed by atoms with Crippen LogP contribution in [0.1, 0.15) is 90.0 Å². The maximum atomic E-state index is 13.3. The number of nitrogens with one attached hydrogen (secondary N) is 1. The minimum Gasteiger partial charge on any atom is -0.371 e. The van der Waals surface area contributed by atoms with Crippen molar-refractivity contribution in [1.82, 2.24) is 15.1 Å². The summed E-state index contributed by atoms with van der Waals surface area (Å²) in [7, 11) is 0. The highest BCUT2D eigenvalue weighted by Gasteiger charge is 2.46. The fourth-order valence-electron chi connectivity index (χ4n) is 8.30. The first-order chi connectivity index (χ1) is 21.2. The van der Waals surface area contributed by atoms with Crippen molar-refractivity contribution >= 4 is 35.0 Å². The van der Waals surface area contributed by atoms with Crippen LogP contribution in [0.25, 0.3) is 0 Å². The molecule has 4 fully saturated rings. The fourth-order valence-corrected chi connectivity index (χ4v) is 8.30. The van der Waals surface area contributed by atoms with Gasteiger partial charge in [0.25, 0.3) is 17.5 Å². The van der Waals surface area contributed by atoms with Crippen LogP contribution in [-0.4, -0.2) is 76.6 Å². The predicted octanol–water partition coefficient (Wildman–Crippen LogP) is 4.01. The molecule has 0 radical (unpaired) electrons. The third-order valence-corrected chi connectivity index (χ3v) is 10.9. The van der Waals surface area contributed by atoms with E-state index in [9.17, 15) is 29.3 Å². The average Bonchev–Trinajstić information content (AvgIpc) is 3.55. The highest BCUT2D eigenvalue weighted by Crippen LogP contribution is 2.49. The highest BCUT2D eigenvalue weighted by atomic mass is 16.6. The summed E-state index contributed by atoms with van der Waals surface area (Å²) < 4.78 is 0. The molecular formula is C33H37N5O6. The molecule has 1 saturated carbocycles. The van der Waals surface area contributed by atoms with Gasteiger partial charge in [-0.3, -0.25) is 39.5 Å². The second-order valence-electron chi connectivity index (χ2n) is 13.2. The van der Waals surface area contributed by atoms with E-state index in [-0.39, 0.29) is 29.4 Å². The highest BCUT2D eigenvalue weighted by molar-refractivity contribution is 6.23. The number of piperidine rings is 3. The van der Waals surface area contributed by atoms with Crippen molar-refractivity contribution in [2.45, 2.75) is 75.8 Å². The van der Waals surface area contributed by atoms with Crippen LogP contribution in [0.5, 0.6) is 0 Å². The van der Waals surface area contributed by atoms with Gasteiger partial charge in [-0.2, -0.15) is 0 Å². The van der Waals surface area contributed by atoms with Crippen molar-refractivity contribution in [3.05, 3.63) is 69.3 Å². The molecule has 11 heteroatoms. The van der Waals surface area contributed by atoms with E-state index in [0.29, 0.717) is 28.5 Å². The number of benzene rings is 2. The molecule has 2 aromatic rings. The first kappa shape index (κ1) is 28.6. The number of hydrogen-bond acceptors (Lipinski definition) is 8. The van der Waals surface area contributed by atoms with E-state index in [4.69, 9.17) is 0 Å². The number of nitro benzene ring substituents is 1. The molecule has 1 spiro atoms. The van der Waals surface area contributed by atoms with Gasteiger partial charge in [0.2, 0.25) is 11.8 Å². The Morgan fingerprint density at radius 1 is 0.818 bits per heavy atom. The van der Waals surface area contributed by atoms with Crippen molar-refractivity contribution in [3.8, 4) is 0 Å². The molecule has 3 saturated heterocycles. The number of fused-ring (bicyclic) bond motifs is 1. The minimum atomic E-state index is -0.957. The molecule has 11 nitrogen and oxygen atoms in total. The Kier molecular flexibility index (Phi) is 7.23. The maximum Gasteiger partial charge on any atom is 0.269 e. The van der Waals surface area contributed by atoms with Crippen molar-refractivity contribution in [1.29, 1.82) is 0 Å². The van der Waals surface area contributed by atoms with Crippen LogP contribution in [-0.2, 0) is 9.59 Å². The Hall–Kier alpha value is -4.12. The van der Waals surface area contributed by atoms with Crippen LogP contribution in [0.4, 0.5) is 11.4 Å². The number of anilines is 1. The quantitative estimate of drug-likeness (QED) is 0.310. The lowest BCUT2D eigenvalue weighted by atomic mass is 9.76. The van der Waals surface area contributed by atoms with Gasteiger partial charge in [-0.1, -0.05) is 12.1 Å². The Morgan fingerprint density at radius 3 is 2.20 bits per heavy atom. The molecule has 5 aliphatic rings. The number of amides is 4. The lowest BCUT2D eigenvalue weighted by molar-refractivity contribution is -0.384. The monoisotopic (exact) mass is 599 g/mol. The number of nitro groups is 1. The van der Waals surface area contributed by atoms with Gasteiger partial charge in [0.15, 0.2) is 0 Å². The van der Waals surface area contributed by atoms with E-state index >= 15 is 0 Å². The Balaban J connectivity index is 0.940. The summed E-state index contributed by atoms with van der Waals surface area (Å²) >= 11 is 0. The molecule has 44 heavy (non-hydrogen) atoms. The normalized spacial score (nSPS) is 25.9. The maximum absolute atomic E-state index is 13.3. The van der Waals surface area contributed by atoms with Crippen LogP contribution in [0.2, 0.25) is 0 Å². The first-order valence-electron chi connectivity index (χ1n) is 15.8. The molecule has 2 atom stereocenters. The van der Waals surface area contributed by atoms with Crippen LogP contribution in [0.3, 0.4) is 0 Å². The van der Waals surface area contributed by atoms with Gasteiger partial charge >= 0.3 is 0 Å². The number of carbonyl (C=O) groups is 4. The Morgan fingerprint density at radius 2 is 1.52 bits per heavy atom. The van der Waals surface area contributed by atoms with Crippen molar-refractivity contribution in [2.24, 2.45) is 5.41 Å². The summed E-state index contributed by atoms with van der Waals surface area (Å²) in [5.74, 6) is -1.47. The smallest absolute Gasteiger partial charge is 0.269 e. The lowest BCUT2D eigenvalue weighted by Gasteiger charge is -2.42. The molecule has 2 unspecified atom stereocenters. The van der Waals surface area contributed by atoms with Gasteiger partial charge < -0.3 is 9.80 Å². The molecule has 2 aromatic carbocycles. The van der Waals surface area contributed by atoms with Gasteiger partial charge in [-0.05, 0) is 99.6 Å². The van der Waals surface area contributed by atoms with Crippen molar-refractivity contribution in [3.63, 3.8) is 0 Å². The van der Waals surface area contributed by atoms with Crippen LogP contribution in [0, 0.1) is 15.5 Å². The molecule has 0 aromatic heterocycles. The van der Waals surface area contributed by atoms with E-state index < -0.39 is 23.8 Å². The molecule has 7 rings (SSSR count). The van der Waals surface area contributed by atoms with Crippen LogP contribution in [0.15, 0.2) is 42.5 Å². The Bertz CT molecular complexity index is 1520. The SMILES string of the molecule is O=C1CCC(N2C(=O)c3ccc(N4CCC5(CCC(N6CCC(c7ccc([N+](=O)[O-])cc7)CC6)C5)CC4)cc3C2=O)C(=O)N1. The molecule has 4 amide bonds. The number of rotatable bonds is 5. The van der Waals surface area contributed by atoms with Crippen molar-refractivity contribution in [2.75, 3.05) is 31.1 Å². The summed E-state index contributed by atoms with van der Waals surface area (Å²) in [5, 5.41) is 13.2. The topological polar surface area (TPSA) is 133 Å².